The van der Waals surface area contributed by atoms with Gasteiger partial charge in [0.2, 0.25) is 0 Å². The maximum Gasteiger partial charge on any atom is 0.265 e. The van der Waals surface area contributed by atoms with Crippen LogP contribution >= 0.6 is 22.6 Å². The number of carbonyl (C=O) groups excluding carboxylic acids is 1. The number of nitrogens with one attached hydrogen (secondary N) is 1. The van der Waals surface area contributed by atoms with Crippen molar-refractivity contribution in [3.63, 3.8) is 0 Å². The number of benzene rings is 2. The number of hydrogen-bond acceptors (Lipinski definition) is 2. The van der Waals surface area contributed by atoms with Crippen LogP contribution in [0.5, 0.6) is 5.75 Å². The number of amides is 1. The van der Waals surface area contributed by atoms with Gasteiger partial charge in [0.15, 0.2) is 6.10 Å². The van der Waals surface area contributed by atoms with E-state index in [0.29, 0.717) is 6.42 Å². The third kappa shape index (κ3) is 4.47. The molecule has 0 saturated heterocycles. The lowest BCUT2D eigenvalue weighted by Crippen LogP contribution is -2.32. The van der Waals surface area contributed by atoms with Crippen molar-refractivity contribution in [3.8, 4) is 5.75 Å². The Balaban J connectivity index is 2.14. The van der Waals surface area contributed by atoms with Crippen molar-refractivity contribution in [2.45, 2.75) is 40.2 Å². The monoisotopic (exact) mass is 423 g/mol. The molecule has 4 heteroatoms. The van der Waals surface area contributed by atoms with Crippen LogP contribution < -0.4 is 10.1 Å². The molecular formula is C19H22INO2. The van der Waals surface area contributed by atoms with Crippen molar-refractivity contribution in [3.05, 3.63) is 56.7 Å². The molecule has 0 aliphatic heterocycles. The molecule has 0 aliphatic carbocycles. The summed E-state index contributed by atoms with van der Waals surface area (Å²) in [5.41, 5.74) is 4.11. The van der Waals surface area contributed by atoms with Crippen LogP contribution in [0.1, 0.15) is 30.0 Å². The molecular weight excluding hydrogens is 401 g/mol. The van der Waals surface area contributed by atoms with Gasteiger partial charge in [0.25, 0.3) is 5.91 Å². The quantitative estimate of drug-likeness (QED) is 0.687. The molecule has 2 aromatic rings. The Kier molecular flexibility index (Phi) is 6.04. The first-order valence-corrected chi connectivity index (χ1v) is 8.80. The summed E-state index contributed by atoms with van der Waals surface area (Å²) >= 11 is 2.26. The van der Waals surface area contributed by atoms with E-state index in [-0.39, 0.29) is 5.91 Å². The zero-order valence-corrected chi connectivity index (χ0v) is 16.1. The van der Waals surface area contributed by atoms with Crippen molar-refractivity contribution in [1.82, 2.24) is 0 Å². The molecule has 0 heterocycles. The molecule has 0 spiro atoms. The van der Waals surface area contributed by atoms with Crippen LogP contribution in [0.25, 0.3) is 0 Å². The Morgan fingerprint density at radius 1 is 1.17 bits per heavy atom. The summed E-state index contributed by atoms with van der Waals surface area (Å²) in [7, 11) is 0. The van der Waals surface area contributed by atoms with Gasteiger partial charge in [-0.2, -0.15) is 0 Å². The molecule has 3 nitrogen and oxygen atoms in total. The predicted octanol–water partition coefficient (Wildman–Crippen LogP) is 5.01. The zero-order chi connectivity index (χ0) is 17.0. The maximum absolute atomic E-state index is 12.5. The number of anilines is 1. The van der Waals surface area contributed by atoms with Crippen LogP contribution in [-0.4, -0.2) is 12.0 Å². The number of hydrogen-bond donors (Lipinski definition) is 1. The van der Waals surface area contributed by atoms with Gasteiger partial charge in [-0.05, 0) is 90.7 Å². The van der Waals surface area contributed by atoms with Crippen LogP contribution in [0.3, 0.4) is 0 Å². The standard InChI is InChI=1S/C19H22INO2/c1-5-17(23-18-8-6-7-12(2)14(18)4)19(22)21-16-10-9-15(20)11-13(16)3/h6-11,17H,5H2,1-4H3,(H,21,22)/t17-/m1/s1. The van der Waals surface area contributed by atoms with E-state index in [4.69, 9.17) is 4.74 Å². The molecule has 1 N–H and O–H groups in total. The smallest absolute Gasteiger partial charge is 0.265 e. The number of ether oxygens (including phenoxy) is 1. The van der Waals surface area contributed by atoms with Gasteiger partial charge in [0.1, 0.15) is 5.75 Å². The Hall–Kier alpha value is -1.56. The van der Waals surface area contributed by atoms with E-state index >= 15 is 0 Å². The highest BCUT2D eigenvalue weighted by molar-refractivity contribution is 14.1. The molecule has 2 rings (SSSR count). The highest BCUT2D eigenvalue weighted by Gasteiger charge is 2.20. The Morgan fingerprint density at radius 2 is 1.91 bits per heavy atom. The molecule has 0 aliphatic rings. The molecule has 0 fully saturated rings. The first-order valence-electron chi connectivity index (χ1n) is 7.72. The summed E-state index contributed by atoms with van der Waals surface area (Å²) in [5, 5.41) is 2.98. The average Bonchev–Trinajstić information content (AvgIpc) is 2.51. The number of halogens is 1. The Labute approximate surface area is 151 Å². The van der Waals surface area contributed by atoms with E-state index in [1.807, 2.05) is 64.1 Å². The second-order valence-corrected chi connectivity index (χ2v) is 6.91. The van der Waals surface area contributed by atoms with Gasteiger partial charge in [-0.25, -0.2) is 0 Å². The van der Waals surface area contributed by atoms with Gasteiger partial charge in [0, 0.05) is 9.26 Å². The van der Waals surface area contributed by atoms with E-state index in [1.54, 1.807) is 0 Å². The highest BCUT2D eigenvalue weighted by atomic mass is 127. The average molecular weight is 423 g/mol. The minimum Gasteiger partial charge on any atom is -0.480 e. The van der Waals surface area contributed by atoms with Gasteiger partial charge in [-0.15, -0.1) is 0 Å². The van der Waals surface area contributed by atoms with Crippen LogP contribution in [0.2, 0.25) is 0 Å². The van der Waals surface area contributed by atoms with Crippen molar-refractivity contribution in [2.75, 3.05) is 5.32 Å². The maximum atomic E-state index is 12.5. The largest absolute Gasteiger partial charge is 0.480 e. The van der Waals surface area contributed by atoms with E-state index < -0.39 is 6.10 Å². The summed E-state index contributed by atoms with van der Waals surface area (Å²) in [6.07, 6.45) is 0.108. The molecule has 2 aromatic carbocycles. The lowest BCUT2D eigenvalue weighted by molar-refractivity contribution is -0.122. The summed E-state index contributed by atoms with van der Waals surface area (Å²) in [4.78, 5) is 12.5. The van der Waals surface area contributed by atoms with Crippen LogP contribution in [0.4, 0.5) is 5.69 Å². The number of rotatable bonds is 5. The van der Waals surface area contributed by atoms with Crippen molar-refractivity contribution in [2.24, 2.45) is 0 Å². The predicted molar refractivity (Wildman–Crippen MR) is 103 cm³/mol. The molecule has 0 saturated carbocycles. The minimum atomic E-state index is -0.505. The molecule has 0 radical (unpaired) electrons. The van der Waals surface area contributed by atoms with Crippen molar-refractivity contribution in [1.29, 1.82) is 0 Å². The third-order valence-electron chi connectivity index (χ3n) is 3.93. The first-order chi connectivity index (χ1) is 10.9. The summed E-state index contributed by atoms with van der Waals surface area (Å²) < 4.78 is 7.11. The highest BCUT2D eigenvalue weighted by Crippen LogP contribution is 2.23. The number of carbonyl (C=O) groups is 1. The van der Waals surface area contributed by atoms with E-state index in [0.717, 1.165) is 31.7 Å². The zero-order valence-electron chi connectivity index (χ0n) is 13.9. The third-order valence-corrected chi connectivity index (χ3v) is 4.60. The minimum absolute atomic E-state index is 0.113. The summed E-state index contributed by atoms with van der Waals surface area (Å²) in [5.74, 6) is 0.657. The normalized spacial score (nSPS) is 11.9. The Bertz CT molecular complexity index is 713. The lowest BCUT2D eigenvalue weighted by atomic mass is 10.1. The second kappa shape index (κ2) is 7.81. The fourth-order valence-corrected chi connectivity index (χ4v) is 2.95. The number of aryl methyl sites for hydroxylation is 2. The summed E-state index contributed by atoms with van der Waals surface area (Å²) in [6.45, 7) is 8.00. The van der Waals surface area contributed by atoms with Crippen LogP contribution in [0, 0.1) is 24.3 Å². The second-order valence-electron chi connectivity index (χ2n) is 5.66. The van der Waals surface area contributed by atoms with Gasteiger partial charge in [-0.3, -0.25) is 4.79 Å². The van der Waals surface area contributed by atoms with Gasteiger partial charge < -0.3 is 10.1 Å². The van der Waals surface area contributed by atoms with Gasteiger partial charge in [-0.1, -0.05) is 19.1 Å². The molecule has 0 aromatic heterocycles. The molecule has 23 heavy (non-hydrogen) atoms. The fraction of sp³-hybridized carbons (Fsp3) is 0.316. The van der Waals surface area contributed by atoms with Crippen LogP contribution in [0.15, 0.2) is 36.4 Å². The SMILES string of the molecule is CC[C@@H](Oc1cccc(C)c1C)C(=O)Nc1ccc(I)cc1C. The molecule has 0 bridgehead atoms. The molecule has 0 unspecified atom stereocenters. The fourth-order valence-electron chi connectivity index (χ4n) is 2.31. The van der Waals surface area contributed by atoms with Crippen molar-refractivity contribution >= 4 is 34.2 Å². The van der Waals surface area contributed by atoms with E-state index in [2.05, 4.69) is 27.9 Å². The molecule has 1 atom stereocenters. The topological polar surface area (TPSA) is 38.3 Å². The molecule has 122 valence electrons. The lowest BCUT2D eigenvalue weighted by Gasteiger charge is -2.20. The Morgan fingerprint density at radius 3 is 2.57 bits per heavy atom. The van der Waals surface area contributed by atoms with Gasteiger partial charge >= 0.3 is 0 Å². The van der Waals surface area contributed by atoms with E-state index in [1.165, 1.54) is 0 Å². The first kappa shape index (κ1) is 17.8. The molecule has 1 amide bonds. The van der Waals surface area contributed by atoms with Crippen LogP contribution in [-0.2, 0) is 4.79 Å². The van der Waals surface area contributed by atoms with Crippen molar-refractivity contribution < 1.29 is 9.53 Å². The van der Waals surface area contributed by atoms with Gasteiger partial charge in [0.05, 0.1) is 0 Å². The van der Waals surface area contributed by atoms with E-state index in [9.17, 15) is 4.79 Å². The summed E-state index contributed by atoms with van der Waals surface area (Å²) in [6, 6.07) is 11.9.